The van der Waals surface area contributed by atoms with Crippen molar-refractivity contribution < 1.29 is 14.5 Å². The largest absolute Gasteiger partial charge is 0.301 e. The highest BCUT2D eigenvalue weighted by atomic mass is 32.2. The molecule has 1 N–H and O–H groups in total. The Bertz CT molecular complexity index is 778. The topological polar surface area (TPSA) is 115 Å². The Morgan fingerprint density at radius 1 is 1.36 bits per heavy atom. The molecule has 2 rings (SSSR count). The molecule has 8 nitrogen and oxygen atoms in total. The summed E-state index contributed by atoms with van der Waals surface area (Å²) in [4.78, 5) is 34.0. The van der Waals surface area contributed by atoms with Gasteiger partial charge in [-0.2, -0.15) is 0 Å². The van der Waals surface area contributed by atoms with Crippen LogP contribution < -0.4 is 5.32 Å². The fourth-order valence-corrected chi connectivity index (χ4v) is 3.50. The maximum Gasteiger partial charge on any atom is 0.270 e. The third kappa shape index (κ3) is 5.91. The number of unbranched alkanes of at least 4 members (excludes halogenated alkanes) is 1. The average Bonchev–Trinajstić information content (AvgIpc) is 3.05. The summed E-state index contributed by atoms with van der Waals surface area (Å²) < 4.78 is 0.546. The van der Waals surface area contributed by atoms with Crippen molar-refractivity contribution in [2.45, 2.75) is 30.5 Å². The molecule has 0 aliphatic rings. The van der Waals surface area contributed by atoms with Crippen molar-refractivity contribution in [3.8, 4) is 0 Å². The van der Waals surface area contributed by atoms with Crippen LogP contribution in [-0.4, -0.2) is 32.6 Å². The number of Topliss-reactive ketones (excluding diaryl/α,β-unsaturated/α-hetero) is 1. The van der Waals surface area contributed by atoms with E-state index in [2.05, 4.69) is 15.5 Å². The fraction of sp³-hybridized carbons (Fsp3) is 0.333. The molecule has 0 atom stereocenters. The second-order valence-electron chi connectivity index (χ2n) is 5.04. The van der Waals surface area contributed by atoms with Crippen molar-refractivity contribution in [3.63, 3.8) is 0 Å². The van der Waals surface area contributed by atoms with Gasteiger partial charge in [-0.05, 0) is 6.42 Å². The Kier molecular flexibility index (Phi) is 7.02. The first-order valence-electron chi connectivity index (χ1n) is 7.53. The number of nitro groups is 1. The molecular weight excluding hydrogens is 364 g/mol. The number of hydrogen-bond acceptors (Lipinski definition) is 8. The third-order valence-electron chi connectivity index (χ3n) is 3.12. The molecule has 0 saturated heterocycles. The van der Waals surface area contributed by atoms with Crippen LogP contribution in [0.2, 0.25) is 0 Å². The predicted molar refractivity (Wildman–Crippen MR) is 96.2 cm³/mol. The number of rotatable bonds is 9. The lowest BCUT2D eigenvalue weighted by Gasteiger charge is -1.99. The van der Waals surface area contributed by atoms with Gasteiger partial charge < -0.3 is 5.32 Å². The van der Waals surface area contributed by atoms with Crippen LogP contribution in [0.1, 0.15) is 36.5 Å². The molecule has 0 saturated carbocycles. The van der Waals surface area contributed by atoms with E-state index in [1.807, 2.05) is 6.92 Å². The van der Waals surface area contributed by atoms with Crippen LogP contribution in [0, 0.1) is 10.1 Å². The molecule has 0 aliphatic heterocycles. The summed E-state index contributed by atoms with van der Waals surface area (Å²) in [5.74, 6) is -0.265. The molecule has 1 amide bonds. The molecule has 2 aromatic rings. The van der Waals surface area contributed by atoms with E-state index < -0.39 is 4.92 Å². The van der Waals surface area contributed by atoms with Gasteiger partial charge in [0, 0.05) is 24.1 Å². The van der Waals surface area contributed by atoms with Gasteiger partial charge in [0.25, 0.3) is 5.69 Å². The number of carbonyl (C=O) groups excluding carboxylic acids is 2. The highest BCUT2D eigenvalue weighted by molar-refractivity contribution is 8.01. The minimum Gasteiger partial charge on any atom is -0.301 e. The van der Waals surface area contributed by atoms with Gasteiger partial charge in [0.05, 0.1) is 10.7 Å². The number of nitrogens with zero attached hydrogens (tertiary/aromatic N) is 3. The van der Waals surface area contributed by atoms with Crippen molar-refractivity contribution >= 4 is 45.6 Å². The average molecular weight is 380 g/mol. The van der Waals surface area contributed by atoms with E-state index in [1.54, 1.807) is 0 Å². The lowest BCUT2D eigenvalue weighted by Crippen LogP contribution is -2.10. The summed E-state index contributed by atoms with van der Waals surface area (Å²) in [6, 6.07) is 5.60. The quantitative estimate of drug-likeness (QED) is 0.232. The smallest absolute Gasteiger partial charge is 0.270 e. The molecule has 0 bridgehead atoms. The summed E-state index contributed by atoms with van der Waals surface area (Å²) in [6.07, 6.45) is 2.18. The highest BCUT2D eigenvalue weighted by Gasteiger charge is 2.14. The van der Waals surface area contributed by atoms with Crippen LogP contribution >= 0.6 is 23.1 Å². The van der Waals surface area contributed by atoms with E-state index in [-0.39, 0.29) is 28.7 Å². The molecule has 1 aromatic carbocycles. The van der Waals surface area contributed by atoms with Crippen LogP contribution in [0.4, 0.5) is 10.8 Å². The molecule has 0 radical (unpaired) electrons. The zero-order valence-corrected chi connectivity index (χ0v) is 15.1. The molecule has 0 aliphatic carbocycles. The van der Waals surface area contributed by atoms with Gasteiger partial charge in [-0.1, -0.05) is 48.6 Å². The SMILES string of the molecule is CCCCC(=O)Nc1nnc(SCC(=O)c2cccc([N+](=O)[O-])c2)s1. The zero-order chi connectivity index (χ0) is 18.2. The Balaban J connectivity index is 1.89. The first kappa shape index (κ1) is 19.0. The Labute approximate surface area is 152 Å². The summed E-state index contributed by atoms with van der Waals surface area (Å²) >= 11 is 2.37. The zero-order valence-electron chi connectivity index (χ0n) is 13.4. The fourth-order valence-electron chi connectivity index (χ4n) is 1.84. The minimum atomic E-state index is -0.540. The molecule has 132 valence electrons. The van der Waals surface area contributed by atoms with Gasteiger partial charge in [0.2, 0.25) is 11.0 Å². The molecule has 10 heteroatoms. The number of aromatic nitrogens is 2. The van der Waals surface area contributed by atoms with Crippen molar-refractivity contribution in [2.75, 3.05) is 11.1 Å². The van der Waals surface area contributed by atoms with Crippen molar-refractivity contribution in [1.29, 1.82) is 0 Å². The molecule has 0 spiro atoms. The third-order valence-corrected chi connectivity index (χ3v) is 5.09. The van der Waals surface area contributed by atoms with Crippen LogP contribution in [0.3, 0.4) is 0 Å². The molecule has 1 aromatic heterocycles. The van der Waals surface area contributed by atoms with Crippen molar-refractivity contribution in [3.05, 3.63) is 39.9 Å². The van der Waals surface area contributed by atoms with Gasteiger partial charge >= 0.3 is 0 Å². The van der Waals surface area contributed by atoms with E-state index >= 15 is 0 Å². The first-order chi connectivity index (χ1) is 12.0. The molecule has 0 unspecified atom stereocenters. The summed E-state index contributed by atoms with van der Waals surface area (Å²) in [6.45, 7) is 2.01. The highest BCUT2D eigenvalue weighted by Crippen LogP contribution is 2.26. The second kappa shape index (κ2) is 9.23. The number of hydrogen-bond donors (Lipinski definition) is 1. The summed E-state index contributed by atoms with van der Waals surface area (Å²) in [5, 5.41) is 21.6. The van der Waals surface area contributed by atoms with Crippen LogP contribution in [0.25, 0.3) is 0 Å². The number of nitrogens with one attached hydrogen (secondary N) is 1. The normalized spacial score (nSPS) is 10.4. The second-order valence-corrected chi connectivity index (χ2v) is 7.24. The van der Waals surface area contributed by atoms with Gasteiger partial charge in [-0.15, -0.1) is 10.2 Å². The van der Waals surface area contributed by atoms with E-state index in [1.165, 1.54) is 47.4 Å². The number of non-ortho nitro benzene ring substituents is 1. The van der Waals surface area contributed by atoms with Crippen molar-refractivity contribution in [2.24, 2.45) is 0 Å². The Hall–Kier alpha value is -2.33. The maximum atomic E-state index is 12.1. The van der Waals surface area contributed by atoms with Gasteiger partial charge in [-0.3, -0.25) is 19.7 Å². The summed E-state index contributed by atoms with van der Waals surface area (Å²) in [5.41, 5.74) is 0.156. The van der Waals surface area contributed by atoms with E-state index in [4.69, 9.17) is 0 Å². The van der Waals surface area contributed by atoms with Gasteiger partial charge in [0.1, 0.15) is 0 Å². The molecule has 1 heterocycles. The lowest BCUT2D eigenvalue weighted by molar-refractivity contribution is -0.384. The number of nitro benzene ring substituents is 1. The molecular formula is C15H16N4O4S2. The van der Waals surface area contributed by atoms with Gasteiger partial charge in [0.15, 0.2) is 10.1 Å². The Morgan fingerprint density at radius 3 is 2.88 bits per heavy atom. The monoisotopic (exact) mass is 380 g/mol. The number of amides is 1. The standard InChI is InChI=1S/C15H16N4O4S2/c1-2-3-7-13(21)16-14-17-18-15(25-14)24-9-12(20)10-5-4-6-11(8-10)19(22)23/h4-6,8H,2-3,7,9H2,1H3,(H,16,17,21). The molecule has 0 fully saturated rings. The summed E-state index contributed by atoms with van der Waals surface area (Å²) in [7, 11) is 0. The van der Waals surface area contributed by atoms with E-state index in [9.17, 15) is 19.7 Å². The maximum absolute atomic E-state index is 12.1. The number of thioether (sulfide) groups is 1. The number of ketones is 1. The van der Waals surface area contributed by atoms with E-state index in [0.29, 0.717) is 15.9 Å². The van der Waals surface area contributed by atoms with Gasteiger partial charge in [-0.25, -0.2) is 0 Å². The lowest BCUT2D eigenvalue weighted by atomic mass is 10.1. The van der Waals surface area contributed by atoms with Crippen LogP contribution in [0.15, 0.2) is 28.6 Å². The molecule has 25 heavy (non-hydrogen) atoms. The van der Waals surface area contributed by atoms with Crippen LogP contribution in [-0.2, 0) is 4.79 Å². The predicted octanol–water partition coefficient (Wildman–Crippen LogP) is 3.55. The minimum absolute atomic E-state index is 0.0829. The van der Waals surface area contributed by atoms with Crippen LogP contribution in [0.5, 0.6) is 0 Å². The number of benzene rings is 1. The number of carbonyl (C=O) groups is 2. The van der Waals surface area contributed by atoms with Crippen molar-refractivity contribution in [1.82, 2.24) is 10.2 Å². The number of anilines is 1. The van der Waals surface area contributed by atoms with E-state index in [0.717, 1.165) is 12.8 Å². The first-order valence-corrected chi connectivity index (χ1v) is 9.33. The Morgan fingerprint density at radius 2 is 2.16 bits per heavy atom.